The first kappa shape index (κ1) is 19.1. The maximum atomic E-state index is 12.6. The van der Waals surface area contributed by atoms with E-state index in [1.54, 1.807) is 19.1 Å². The number of carbonyl (C=O) groups excluding carboxylic acids is 1. The predicted molar refractivity (Wildman–Crippen MR) is 112 cm³/mol. The molecule has 1 aliphatic rings. The first-order chi connectivity index (χ1) is 14.0. The molecule has 0 bridgehead atoms. The van der Waals surface area contributed by atoms with Gasteiger partial charge in [0.05, 0.1) is 24.2 Å². The fourth-order valence-electron chi connectivity index (χ4n) is 3.65. The molecular formula is C22H26N4O3. The zero-order valence-electron chi connectivity index (χ0n) is 17.0. The molecule has 1 aromatic heterocycles. The lowest BCUT2D eigenvalue weighted by atomic mass is 10.0. The Bertz CT molecular complexity index is 1030. The Balaban J connectivity index is 1.33. The fraction of sp³-hybridized carbons (Fsp3) is 0.364. The van der Waals surface area contributed by atoms with E-state index < -0.39 is 0 Å². The van der Waals surface area contributed by atoms with Crippen LogP contribution in [-0.2, 0) is 12.8 Å². The molecule has 7 heteroatoms. The normalized spacial score (nSPS) is 15.5. The Labute approximate surface area is 170 Å². The molecule has 4 rings (SSSR count). The minimum Gasteiger partial charge on any atom is -0.493 e. The molecule has 1 atom stereocenters. The first-order valence-electron chi connectivity index (χ1n) is 9.79. The van der Waals surface area contributed by atoms with Crippen molar-refractivity contribution in [3.63, 3.8) is 0 Å². The van der Waals surface area contributed by atoms with Gasteiger partial charge in [-0.3, -0.25) is 0 Å². The number of nitrogens with one attached hydrogen (secondary N) is 2. The second kappa shape index (κ2) is 8.03. The number of H-pyrrole nitrogens is 1. The van der Waals surface area contributed by atoms with Gasteiger partial charge >= 0.3 is 6.03 Å². The molecule has 2 N–H and O–H groups in total. The fourth-order valence-corrected chi connectivity index (χ4v) is 3.65. The van der Waals surface area contributed by atoms with Crippen LogP contribution in [0.15, 0.2) is 36.4 Å². The molecule has 0 unspecified atom stereocenters. The van der Waals surface area contributed by atoms with E-state index >= 15 is 0 Å². The van der Waals surface area contributed by atoms with Gasteiger partial charge in [-0.2, -0.15) is 0 Å². The Morgan fingerprint density at radius 1 is 1.34 bits per heavy atom. The van der Waals surface area contributed by atoms with Crippen LogP contribution in [0.25, 0.3) is 11.0 Å². The number of methoxy groups -OCH3 is 1. The summed E-state index contributed by atoms with van der Waals surface area (Å²) < 4.78 is 11.2. The van der Waals surface area contributed by atoms with Crippen LogP contribution in [0.3, 0.4) is 0 Å². The Hall–Kier alpha value is -3.22. The number of hydrogen-bond acceptors (Lipinski definition) is 4. The summed E-state index contributed by atoms with van der Waals surface area (Å²) in [5.74, 6) is 2.38. The lowest BCUT2D eigenvalue weighted by molar-refractivity contribution is 0.187. The van der Waals surface area contributed by atoms with Crippen LogP contribution in [0.1, 0.15) is 17.0 Å². The Morgan fingerprint density at radius 2 is 2.17 bits per heavy atom. The monoisotopic (exact) mass is 394 g/mol. The number of fused-ring (bicyclic) bond motifs is 2. The number of para-hydroxylation sites is 2. The summed E-state index contributed by atoms with van der Waals surface area (Å²) in [5.41, 5.74) is 4.20. The number of imidazole rings is 1. The minimum absolute atomic E-state index is 0.0709. The topological polar surface area (TPSA) is 79.5 Å². The number of ether oxygens (including phenoxy) is 2. The van der Waals surface area contributed by atoms with Gasteiger partial charge in [-0.15, -0.1) is 0 Å². The third kappa shape index (κ3) is 3.99. The third-order valence-electron chi connectivity index (χ3n) is 5.30. The van der Waals surface area contributed by atoms with E-state index in [0.717, 1.165) is 45.9 Å². The van der Waals surface area contributed by atoms with Crippen molar-refractivity contribution in [1.29, 1.82) is 0 Å². The average molecular weight is 394 g/mol. The molecule has 0 saturated carbocycles. The summed E-state index contributed by atoms with van der Waals surface area (Å²) in [7, 11) is 3.43. The molecular weight excluding hydrogens is 368 g/mol. The highest BCUT2D eigenvalue weighted by atomic mass is 16.5. The van der Waals surface area contributed by atoms with Crippen molar-refractivity contribution in [1.82, 2.24) is 20.2 Å². The predicted octanol–water partition coefficient (Wildman–Crippen LogP) is 3.07. The van der Waals surface area contributed by atoms with Gasteiger partial charge < -0.3 is 24.7 Å². The van der Waals surface area contributed by atoms with Gasteiger partial charge in [-0.05, 0) is 31.0 Å². The lowest BCUT2D eigenvalue weighted by Crippen LogP contribution is -2.48. The van der Waals surface area contributed by atoms with Crippen LogP contribution < -0.4 is 14.8 Å². The number of carbonyl (C=O) groups is 1. The van der Waals surface area contributed by atoms with Gasteiger partial charge in [0.15, 0.2) is 11.5 Å². The van der Waals surface area contributed by atoms with Crippen molar-refractivity contribution in [2.24, 2.45) is 0 Å². The molecule has 2 amide bonds. The lowest BCUT2D eigenvalue weighted by Gasteiger charge is -2.28. The number of hydrogen-bond donors (Lipinski definition) is 2. The average Bonchev–Trinajstić information content (AvgIpc) is 3.16. The number of aryl methyl sites for hydroxylation is 1. The van der Waals surface area contributed by atoms with E-state index in [4.69, 9.17) is 9.47 Å². The molecule has 152 valence electrons. The van der Waals surface area contributed by atoms with Crippen molar-refractivity contribution >= 4 is 17.1 Å². The number of likely N-dealkylation sites (N-methyl/N-ethyl adjacent to an activating group) is 1. The number of nitrogens with zero attached hydrogens (tertiary/aromatic N) is 2. The molecule has 0 saturated heterocycles. The largest absolute Gasteiger partial charge is 0.493 e. The van der Waals surface area contributed by atoms with Crippen LogP contribution in [0.2, 0.25) is 0 Å². The van der Waals surface area contributed by atoms with E-state index in [1.807, 2.05) is 43.3 Å². The molecule has 0 fully saturated rings. The SMILES string of the molecule is COc1cccc2c1OC[C@H](NC(=O)N(C)CCc1nc3c(C)cccc3[nH]1)C2. The molecule has 0 spiro atoms. The van der Waals surface area contributed by atoms with Gasteiger partial charge in [-0.25, -0.2) is 9.78 Å². The Kier molecular flexibility index (Phi) is 5.29. The summed E-state index contributed by atoms with van der Waals surface area (Å²) >= 11 is 0. The number of amides is 2. The molecule has 7 nitrogen and oxygen atoms in total. The van der Waals surface area contributed by atoms with Crippen molar-refractivity contribution in [2.75, 3.05) is 27.3 Å². The Morgan fingerprint density at radius 3 is 2.97 bits per heavy atom. The quantitative estimate of drug-likeness (QED) is 0.697. The number of aromatic amines is 1. The van der Waals surface area contributed by atoms with Gasteiger partial charge in [0, 0.05) is 25.6 Å². The second-order valence-corrected chi connectivity index (χ2v) is 7.44. The molecule has 2 heterocycles. The maximum absolute atomic E-state index is 12.6. The smallest absolute Gasteiger partial charge is 0.317 e. The summed E-state index contributed by atoms with van der Waals surface area (Å²) in [6.45, 7) is 3.05. The summed E-state index contributed by atoms with van der Waals surface area (Å²) in [6.07, 6.45) is 1.38. The number of benzene rings is 2. The van der Waals surface area contributed by atoms with Crippen molar-refractivity contribution < 1.29 is 14.3 Å². The second-order valence-electron chi connectivity index (χ2n) is 7.44. The molecule has 0 aliphatic carbocycles. The standard InChI is InChI=1S/C22H26N4O3/c1-14-6-4-8-17-20(14)25-19(24-17)10-11-26(2)22(27)23-16-12-15-7-5-9-18(28-3)21(15)29-13-16/h4-9,16H,10-13H2,1-3H3,(H,23,27)(H,24,25)/t16-/m1/s1. The van der Waals surface area contributed by atoms with Crippen molar-refractivity contribution in [3.8, 4) is 11.5 Å². The molecule has 0 radical (unpaired) electrons. The van der Waals surface area contributed by atoms with Crippen LogP contribution in [0.5, 0.6) is 11.5 Å². The van der Waals surface area contributed by atoms with Crippen LogP contribution >= 0.6 is 0 Å². The zero-order chi connectivity index (χ0) is 20.4. The van der Waals surface area contributed by atoms with Gasteiger partial charge in [0.25, 0.3) is 0 Å². The van der Waals surface area contributed by atoms with Crippen LogP contribution in [0.4, 0.5) is 4.79 Å². The third-order valence-corrected chi connectivity index (χ3v) is 5.30. The summed E-state index contributed by atoms with van der Waals surface area (Å²) in [4.78, 5) is 22.3. The highest BCUT2D eigenvalue weighted by molar-refractivity contribution is 5.78. The van der Waals surface area contributed by atoms with E-state index in [-0.39, 0.29) is 12.1 Å². The molecule has 1 aliphatic heterocycles. The van der Waals surface area contributed by atoms with Gasteiger partial charge in [0.1, 0.15) is 12.4 Å². The zero-order valence-corrected chi connectivity index (χ0v) is 17.0. The minimum atomic E-state index is -0.114. The van der Waals surface area contributed by atoms with Crippen molar-refractivity contribution in [3.05, 3.63) is 53.3 Å². The number of rotatable bonds is 5. The summed E-state index contributed by atoms with van der Waals surface area (Å²) in [6, 6.07) is 11.7. The molecule has 3 aromatic rings. The highest BCUT2D eigenvalue weighted by Gasteiger charge is 2.24. The van der Waals surface area contributed by atoms with E-state index in [9.17, 15) is 4.79 Å². The first-order valence-corrected chi connectivity index (χ1v) is 9.79. The van der Waals surface area contributed by atoms with Crippen molar-refractivity contribution in [2.45, 2.75) is 25.8 Å². The highest BCUT2D eigenvalue weighted by Crippen LogP contribution is 2.34. The maximum Gasteiger partial charge on any atom is 0.317 e. The van der Waals surface area contributed by atoms with E-state index in [2.05, 4.69) is 15.3 Å². The van der Waals surface area contributed by atoms with Crippen LogP contribution in [-0.4, -0.2) is 54.2 Å². The van der Waals surface area contributed by atoms with E-state index in [0.29, 0.717) is 19.6 Å². The van der Waals surface area contributed by atoms with Gasteiger partial charge in [-0.1, -0.05) is 24.3 Å². The summed E-state index contributed by atoms with van der Waals surface area (Å²) in [5, 5.41) is 3.06. The number of urea groups is 1. The van der Waals surface area contributed by atoms with E-state index in [1.165, 1.54) is 0 Å². The van der Waals surface area contributed by atoms with Gasteiger partial charge in [0.2, 0.25) is 0 Å². The molecule has 2 aromatic carbocycles. The molecule has 29 heavy (non-hydrogen) atoms. The number of aromatic nitrogens is 2. The van der Waals surface area contributed by atoms with Crippen LogP contribution in [0, 0.1) is 6.92 Å².